The summed E-state index contributed by atoms with van der Waals surface area (Å²) in [7, 11) is 0. The van der Waals surface area contributed by atoms with Crippen molar-refractivity contribution in [2.75, 3.05) is 18.4 Å². The van der Waals surface area contributed by atoms with Crippen LogP contribution >= 0.6 is 22.9 Å². The van der Waals surface area contributed by atoms with Gasteiger partial charge < -0.3 is 15.5 Å². The quantitative estimate of drug-likeness (QED) is 0.673. The van der Waals surface area contributed by atoms with Gasteiger partial charge in [0.2, 0.25) is 11.8 Å². The van der Waals surface area contributed by atoms with Crippen LogP contribution in [-0.2, 0) is 9.59 Å². The van der Waals surface area contributed by atoms with Gasteiger partial charge in [-0.1, -0.05) is 11.6 Å². The minimum Gasteiger partial charge on any atom is -0.352 e. The number of thiazole rings is 1. The molecular weight excluding hydrogens is 400 g/mol. The van der Waals surface area contributed by atoms with Gasteiger partial charge in [0.15, 0.2) is 5.13 Å². The zero-order valence-corrected chi connectivity index (χ0v) is 16.8. The highest BCUT2D eigenvalue weighted by atomic mass is 35.5. The molecule has 0 saturated carbocycles. The summed E-state index contributed by atoms with van der Waals surface area (Å²) in [5.41, 5.74) is 0.522. The highest BCUT2D eigenvalue weighted by Gasteiger charge is 2.33. The van der Waals surface area contributed by atoms with Crippen LogP contribution in [0.15, 0.2) is 35.8 Å². The summed E-state index contributed by atoms with van der Waals surface area (Å²) in [6, 6.07) is 6.16. The molecule has 1 unspecified atom stereocenters. The van der Waals surface area contributed by atoms with E-state index in [2.05, 4.69) is 15.6 Å². The van der Waals surface area contributed by atoms with Crippen molar-refractivity contribution in [3.8, 4) is 0 Å². The van der Waals surface area contributed by atoms with E-state index in [1.54, 1.807) is 40.7 Å². The molecule has 0 radical (unpaired) electrons. The predicted octanol–water partition coefficient (Wildman–Crippen LogP) is 2.94. The van der Waals surface area contributed by atoms with Crippen molar-refractivity contribution < 1.29 is 14.4 Å². The Hall–Kier alpha value is -2.45. The highest BCUT2D eigenvalue weighted by Crippen LogP contribution is 2.21. The largest absolute Gasteiger partial charge is 0.352 e. The molecule has 1 aromatic carbocycles. The number of amides is 3. The first kappa shape index (κ1) is 20.3. The van der Waals surface area contributed by atoms with Gasteiger partial charge in [-0.15, -0.1) is 11.3 Å². The van der Waals surface area contributed by atoms with E-state index >= 15 is 0 Å². The molecule has 0 bridgehead atoms. The molecule has 7 nitrogen and oxygen atoms in total. The molecule has 148 valence electrons. The maximum atomic E-state index is 12.5. The zero-order valence-electron chi connectivity index (χ0n) is 15.2. The van der Waals surface area contributed by atoms with E-state index in [-0.39, 0.29) is 24.1 Å². The van der Waals surface area contributed by atoms with Crippen molar-refractivity contribution in [3.63, 3.8) is 0 Å². The van der Waals surface area contributed by atoms with Crippen LogP contribution in [0.3, 0.4) is 0 Å². The second kappa shape index (κ2) is 9.66. The number of hydrogen-bond acceptors (Lipinski definition) is 5. The molecule has 2 aromatic rings. The Bertz CT molecular complexity index is 826. The van der Waals surface area contributed by atoms with E-state index in [0.717, 1.165) is 6.42 Å². The maximum absolute atomic E-state index is 12.5. The summed E-state index contributed by atoms with van der Waals surface area (Å²) in [6.45, 7) is 0.961. The fourth-order valence-corrected chi connectivity index (χ4v) is 3.76. The van der Waals surface area contributed by atoms with Crippen LogP contribution in [0.5, 0.6) is 0 Å². The fourth-order valence-electron chi connectivity index (χ4n) is 3.10. The van der Waals surface area contributed by atoms with Crippen LogP contribution < -0.4 is 10.6 Å². The summed E-state index contributed by atoms with van der Waals surface area (Å²) in [5, 5.41) is 8.44. The third-order valence-corrected chi connectivity index (χ3v) is 5.44. The molecule has 1 fully saturated rings. The van der Waals surface area contributed by atoms with E-state index in [4.69, 9.17) is 11.6 Å². The predicted molar refractivity (Wildman–Crippen MR) is 108 cm³/mol. The highest BCUT2D eigenvalue weighted by molar-refractivity contribution is 7.13. The van der Waals surface area contributed by atoms with Gasteiger partial charge in [0.1, 0.15) is 6.04 Å². The van der Waals surface area contributed by atoms with Crippen LogP contribution in [0.2, 0.25) is 5.02 Å². The van der Waals surface area contributed by atoms with E-state index in [9.17, 15) is 14.4 Å². The lowest BCUT2D eigenvalue weighted by atomic mass is 10.2. The van der Waals surface area contributed by atoms with Gasteiger partial charge in [0.05, 0.1) is 0 Å². The van der Waals surface area contributed by atoms with Crippen LogP contribution in [-0.4, -0.2) is 46.7 Å². The summed E-state index contributed by atoms with van der Waals surface area (Å²) in [5.74, 6) is -0.472. The lowest BCUT2D eigenvalue weighted by molar-refractivity contribution is -0.136. The lowest BCUT2D eigenvalue weighted by Crippen LogP contribution is -2.43. The number of nitrogens with one attached hydrogen (secondary N) is 2. The Labute approximate surface area is 172 Å². The number of hydrogen-bond donors (Lipinski definition) is 2. The van der Waals surface area contributed by atoms with Gasteiger partial charge >= 0.3 is 0 Å². The monoisotopic (exact) mass is 420 g/mol. The maximum Gasteiger partial charge on any atom is 0.251 e. The number of carbonyl (C=O) groups excluding carboxylic acids is 3. The van der Waals surface area contributed by atoms with Gasteiger partial charge in [-0.3, -0.25) is 14.4 Å². The van der Waals surface area contributed by atoms with E-state index in [0.29, 0.717) is 41.6 Å². The van der Waals surface area contributed by atoms with Crippen molar-refractivity contribution in [2.24, 2.45) is 0 Å². The van der Waals surface area contributed by atoms with Gasteiger partial charge in [0, 0.05) is 41.7 Å². The summed E-state index contributed by atoms with van der Waals surface area (Å²) in [4.78, 5) is 42.7. The standard InChI is InChI=1S/C19H21ClN4O3S/c20-14-7-5-13(6-8-14)17(26)21-9-1-4-16(25)24-11-2-3-15(24)18(27)23-19-22-10-12-28-19/h5-8,10,12,15H,1-4,9,11H2,(H,21,26)(H,22,23,27). The molecule has 1 aliphatic rings. The van der Waals surface area contributed by atoms with Gasteiger partial charge in [-0.05, 0) is 43.5 Å². The normalized spacial score (nSPS) is 16.0. The lowest BCUT2D eigenvalue weighted by Gasteiger charge is -2.23. The number of carbonyl (C=O) groups is 3. The van der Waals surface area contributed by atoms with E-state index in [1.807, 2.05) is 0 Å². The molecule has 1 atom stereocenters. The molecule has 1 aliphatic heterocycles. The van der Waals surface area contributed by atoms with Crippen molar-refractivity contribution >= 4 is 45.8 Å². The van der Waals surface area contributed by atoms with Crippen molar-refractivity contribution in [2.45, 2.75) is 31.7 Å². The Morgan fingerprint density at radius 3 is 2.75 bits per heavy atom. The number of nitrogens with zero attached hydrogens (tertiary/aromatic N) is 2. The number of likely N-dealkylation sites (tertiary alicyclic amines) is 1. The fraction of sp³-hybridized carbons (Fsp3) is 0.368. The minimum atomic E-state index is -0.458. The number of anilines is 1. The number of benzene rings is 1. The van der Waals surface area contributed by atoms with Gasteiger partial charge in [-0.2, -0.15) is 0 Å². The average molecular weight is 421 g/mol. The van der Waals surface area contributed by atoms with E-state index in [1.165, 1.54) is 11.3 Å². The average Bonchev–Trinajstić information content (AvgIpc) is 3.37. The third kappa shape index (κ3) is 5.30. The molecule has 9 heteroatoms. The number of rotatable bonds is 7. The molecule has 2 heterocycles. The summed E-state index contributed by atoms with van der Waals surface area (Å²) in [6.07, 6.45) is 3.86. The van der Waals surface area contributed by atoms with E-state index < -0.39 is 6.04 Å². The van der Waals surface area contributed by atoms with Crippen molar-refractivity contribution in [1.29, 1.82) is 0 Å². The summed E-state index contributed by atoms with van der Waals surface area (Å²) < 4.78 is 0. The minimum absolute atomic E-state index is 0.0717. The van der Waals surface area contributed by atoms with Crippen LogP contribution in [0.1, 0.15) is 36.0 Å². The Kier molecular flexibility index (Phi) is 7.00. The second-order valence-electron chi connectivity index (χ2n) is 6.44. The Balaban J connectivity index is 1.42. The molecule has 1 saturated heterocycles. The van der Waals surface area contributed by atoms with Gasteiger partial charge in [0.25, 0.3) is 5.91 Å². The molecule has 3 rings (SSSR count). The molecule has 0 spiro atoms. The Morgan fingerprint density at radius 2 is 2.04 bits per heavy atom. The topological polar surface area (TPSA) is 91.4 Å². The zero-order chi connectivity index (χ0) is 19.9. The van der Waals surface area contributed by atoms with Crippen LogP contribution in [0.4, 0.5) is 5.13 Å². The van der Waals surface area contributed by atoms with Crippen LogP contribution in [0.25, 0.3) is 0 Å². The molecular formula is C19H21ClN4O3S. The second-order valence-corrected chi connectivity index (χ2v) is 7.77. The molecule has 0 aliphatic carbocycles. The number of aromatic nitrogens is 1. The molecule has 2 N–H and O–H groups in total. The van der Waals surface area contributed by atoms with Crippen molar-refractivity contribution in [1.82, 2.24) is 15.2 Å². The van der Waals surface area contributed by atoms with Gasteiger partial charge in [-0.25, -0.2) is 4.98 Å². The third-order valence-electron chi connectivity index (χ3n) is 4.50. The molecule has 3 amide bonds. The van der Waals surface area contributed by atoms with Crippen molar-refractivity contribution in [3.05, 3.63) is 46.4 Å². The first-order valence-corrected chi connectivity index (χ1v) is 10.3. The molecule has 28 heavy (non-hydrogen) atoms. The Morgan fingerprint density at radius 1 is 1.25 bits per heavy atom. The molecule has 1 aromatic heterocycles. The smallest absolute Gasteiger partial charge is 0.251 e. The van der Waals surface area contributed by atoms with Crippen LogP contribution in [0, 0.1) is 0 Å². The summed E-state index contributed by atoms with van der Waals surface area (Å²) >= 11 is 7.15. The number of halogens is 1. The first-order valence-electron chi connectivity index (χ1n) is 9.08. The SMILES string of the molecule is O=C(NCCCC(=O)N1CCCC1C(=O)Nc1nccs1)c1ccc(Cl)cc1. The first-order chi connectivity index (χ1) is 13.5.